The monoisotopic (exact) mass is 181 g/mol. The van der Waals surface area contributed by atoms with Crippen LogP contribution in [-0.2, 0) is 12.6 Å². The van der Waals surface area contributed by atoms with Crippen LogP contribution in [0.15, 0.2) is 6.33 Å². The zero-order valence-electron chi connectivity index (χ0n) is 8.06. The molecule has 1 atom stereocenters. The molecule has 0 aliphatic heterocycles. The maximum Gasteiger partial charge on any atom is 0.158 e. The molecule has 1 aromatic heterocycles. The van der Waals surface area contributed by atoms with Gasteiger partial charge in [-0.2, -0.15) is 5.10 Å². The normalized spacial score (nSPS) is 21.5. The largest absolute Gasteiger partial charge is 0.382 e. The lowest BCUT2D eigenvalue weighted by Gasteiger charge is -2.25. The number of hydrogen-bond acceptors (Lipinski definition) is 3. The van der Waals surface area contributed by atoms with Gasteiger partial charge in [0.05, 0.1) is 0 Å². The Morgan fingerprint density at radius 3 is 2.77 bits per heavy atom. The molecule has 0 radical (unpaired) electrons. The van der Waals surface area contributed by atoms with Gasteiger partial charge in [0.15, 0.2) is 5.82 Å². The van der Waals surface area contributed by atoms with Crippen LogP contribution in [0.2, 0.25) is 0 Å². The van der Waals surface area contributed by atoms with Gasteiger partial charge in [-0.25, -0.2) is 4.98 Å². The Bertz CT molecular complexity index is 306. The number of aryl methyl sites for hydroxylation is 1. The van der Waals surface area contributed by atoms with Gasteiger partial charge in [0.25, 0.3) is 0 Å². The van der Waals surface area contributed by atoms with Crippen LogP contribution in [0.25, 0.3) is 0 Å². The summed E-state index contributed by atoms with van der Waals surface area (Å²) in [7, 11) is 1.82. The fourth-order valence-corrected chi connectivity index (χ4v) is 1.88. The molecule has 1 aliphatic carbocycles. The highest BCUT2D eigenvalue weighted by molar-refractivity contribution is 5.07. The van der Waals surface area contributed by atoms with Crippen LogP contribution in [0, 0.1) is 5.92 Å². The summed E-state index contributed by atoms with van der Waals surface area (Å²) in [6.07, 6.45) is 4.43. The molecule has 13 heavy (non-hydrogen) atoms. The third kappa shape index (κ3) is 1.25. The molecular formula is C9H15N3O. The average molecular weight is 181 g/mol. The van der Waals surface area contributed by atoms with Crippen LogP contribution in [-0.4, -0.2) is 19.9 Å². The maximum absolute atomic E-state index is 10.4. The summed E-state index contributed by atoms with van der Waals surface area (Å²) in [5, 5.41) is 14.4. The summed E-state index contributed by atoms with van der Waals surface area (Å²) in [5.74, 6) is 1.10. The fourth-order valence-electron chi connectivity index (χ4n) is 1.88. The highest BCUT2D eigenvalue weighted by Gasteiger charge is 2.46. The molecule has 0 spiro atoms. The molecule has 0 aromatic carbocycles. The summed E-state index contributed by atoms with van der Waals surface area (Å²) in [5.41, 5.74) is -0.745. The van der Waals surface area contributed by atoms with Gasteiger partial charge in [-0.1, -0.05) is 6.92 Å². The molecule has 4 nitrogen and oxygen atoms in total. The van der Waals surface area contributed by atoms with E-state index in [9.17, 15) is 5.11 Å². The van der Waals surface area contributed by atoms with E-state index in [0.717, 1.165) is 12.8 Å². The van der Waals surface area contributed by atoms with Crippen LogP contribution in [0.4, 0.5) is 0 Å². The average Bonchev–Trinajstić information content (AvgIpc) is 2.89. The summed E-state index contributed by atoms with van der Waals surface area (Å²) in [6.45, 7) is 1.99. The second-order valence-electron chi connectivity index (χ2n) is 3.76. The molecular weight excluding hydrogens is 166 g/mol. The Hall–Kier alpha value is -0.900. The van der Waals surface area contributed by atoms with Gasteiger partial charge in [0, 0.05) is 7.05 Å². The predicted molar refractivity (Wildman–Crippen MR) is 47.9 cm³/mol. The van der Waals surface area contributed by atoms with E-state index in [4.69, 9.17) is 0 Å². The Morgan fingerprint density at radius 1 is 1.69 bits per heavy atom. The van der Waals surface area contributed by atoms with Gasteiger partial charge in [0.2, 0.25) is 0 Å². The molecule has 2 rings (SSSR count). The van der Waals surface area contributed by atoms with Crippen LogP contribution < -0.4 is 0 Å². The van der Waals surface area contributed by atoms with Crippen molar-refractivity contribution in [2.24, 2.45) is 13.0 Å². The Labute approximate surface area is 77.6 Å². The highest BCUT2D eigenvalue weighted by Crippen LogP contribution is 2.46. The lowest BCUT2D eigenvalue weighted by atomic mass is 9.94. The maximum atomic E-state index is 10.4. The lowest BCUT2D eigenvalue weighted by Crippen LogP contribution is -2.31. The van der Waals surface area contributed by atoms with Gasteiger partial charge < -0.3 is 5.11 Å². The van der Waals surface area contributed by atoms with Crippen molar-refractivity contribution in [3.8, 4) is 0 Å². The topological polar surface area (TPSA) is 50.9 Å². The minimum Gasteiger partial charge on any atom is -0.382 e. The molecule has 0 amide bonds. The SMILES string of the molecule is CCC(O)(c1ncnn1C)C1CC1. The molecule has 1 heterocycles. The minimum atomic E-state index is -0.745. The van der Waals surface area contributed by atoms with E-state index in [-0.39, 0.29) is 0 Å². The molecule has 1 N–H and O–H groups in total. The van der Waals surface area contributed by atoms with Gasteiger partial charge in [-0.3, -0.25) is 4.68 Å². The standard InChI is InChI=1S/C9H15N3O/c1-3-9(13,7-4-5-7)8-10-6-11-12(8)2/h6-7,13H,3-5H2,1-2H3. The van der Waals surface area contributed by atoms with Gasteiger partial charge in [0.1, 0.15) is 11.9 Å². The number of aromatic nitrogens is 3. The minimum absolute atomic E-state index is 0.389. The van der Waals surface area contributed by atoms with Crippen molar-refractivity contribution in [3.63, 3.8) is 0 Å². The number of rotatable bonds is 3. The summed E-state index contributed by atoms with van der Waals surface area (Å²) in [6, 6.07) is 0. The summed E-state index contributed by atoms with van der Waals surface area (Å²) >= 11 is 0. The van der Waals surface area contributed by atoms with Crippen LogP contribution >= 0.6 is 0 Å². The van der Waals surface area contributed by atoms with Crippen molar-refractivity contribution in [2.75, 3.05) is 0 Å². The van der Waals surface area contributed by atoms with Crippen molar-refractivity contribution >= 4 is 0 Å². The van der Waals surface area contributed by atoms with E-state index < -0.39 is 5.60 Å². The van der Waals surface area contributed by atoms with E-state index in [1.54, 1.807) is 4.68 Å². The molecule has 4 heteroatoms. The first-order valence-corrected chi connectivity index (χ1v) is 4.75. The van der Waals surface area contributed by atoms with Crippen molar-refractivity contribution in [1.82, 2.24) is 14.8 Å². The second kappa shape index (κ2) is 2.80. The zero-order valence-corrected chi connectivity index (χ0v) is 8.06. The number of aliphatic hydroxyl groups is 1. The van der Waals surface area contributed by atoms with Gasteiger partial charge in [-0.05, 0) is 25.2 Å². The van der Waals surface area contributed by atoms with Crippen molar-refractivity contribution in [3.05, 3.63) is 12.2 Å². The summed E-state index contributed by atoms with van der Waals surface area (Å²) < 4.78 is 1.67. The summed E-state index contributed by atoms with van der Waals surface area (Å²) in [4.78, 5) is 4.12. The van der Waals surface area contributed by atoms with E-state index in [0.29, 0.717) is 18.2 Å². The van der Waals surface area contributed by atoms with Crippen molar-refractivity contribution < 1.29 is 5.11 Å². The van der Waals surface area contributed by atoms with E-state index in [1.807, 2.05) is 14.0 Å². The van der Waals surface area contributed by atoms with Crippen molar-refractivity contribution in [2.45, 2.75) is 31.8 Å². The smallest absolute Gasteiger partial charge is 0.158 e. The van der Waals surface area contributed by atoms with Crippen LogP contribution in [0.1, 0.15) is 32.0 Å². The molecule has 1 fully saturated rings. The highest BCUT2D eigenvalue weighted by atomic mass is 16.3. The Balaban J connectivity index is 2.35. The Morgan fingerprint density at radius 2 is 2.38 bits per heavy atom. The molecule has 1 aliphatic rings. The first-order valence-electron chi connectivity index (χ1n) is 4.75. The quantitative estimate of drug-likeness (QED) is 0.751. The molecule has 0 saturated heterocycles. The van der Waals surface area contributed by atoms with E-state index in [1.165, 1.54) is 6.33 Å². The third-order valence-corrected chi connectivity index (χ3v) is 2.89. The first kappa shape index (κ1) is 8.69. The predicted octanol–water partition coefficient (Wildman–Crippen LogP) is 0.823. The molecule has 0 bridgehead atoms. The van der Waals surface area contributed by atoms with Crippen LogP contribution in [0.5, 0.6) is 0 Å². The van der Waals surface area contributed by atoms with Gasteiger partial charge in [-0.15, -0.1) is 0 Å². The van der Waals surface area contributed by atoms with Gasteiger partial charge >= 0.3 is 0 Å². The van der Waals surface area contributed by atoms with Crippen LogP contribution in [0.3, 0.4) is 0 Å². The first-order chi connectivity index (χ1) is 6.18. The molecule has 72 valence electrons. The third-order valence-electron chi connectivity index (χ3n) is 2.89. The number of hydrogen-bond donors (Lipinski definition) is 1. The molecule has 1 unspecified atom stereocenters. The number of nitrogens with zero attached hydrogens (tertiary/aromatic N) is 3. The zero-order chi connectivity index (χ0) is 9.47. The molecule has 1 saturated carbocycles. The lowest BCUT2D eigenvalue weighted by molar-refractivity contribution is -0.00319. The fraction of sp³-hybridized carbons (Fsp3) is 0.778. The molecule has 1 aromatic rings. The van der Waals surface area contributed by atoms with E-state index >= 15 is 0 Å². The van der Waals surface area contributed by atoms with E-state index in [2.05, 4.69) is 10.1 Å². The van der Waals surface area contributed by atoms with Crippen molar-refractivity contribution in [1.29, 1.82) is 0 Å². The Kier molecular flexibility index (Phi) is 1.87. The second-order valence-corrected chi connectivity index (χ2v) is 3.76.